The lowest BCUT2D eigenvalue weighted by molar-refractivity contribution is -0.144. The average molecular weight is 485 g/mol. The summed E-state index contributed by atoms with van der Waals surface area (Å²) >= 11 is 0. The number of imide groups is 1. The Labute approximate surface area is 206 Å². The summed E-state index contributed by atoms with van der Waals surface area (Å²) in [5.41, 5.74) is 3.37. The van der Waals surface area contributed by atoms with Crippen molar-refractivity contribution in [1.29, 1.82) is 0 Å². The number of para-hydroxylation sites is 2. The minimum absolute atomic E-state index is 0.0878. The van der Waals surface area contributed by atoms with E-state index in [9.17, 15) is 19.2 Å². The van der Waals surface area contributed by atoms with Crippen molar-refractivity contribution in [2.75, 3.05) is 14.2 Å². The number of H-pyrrole nitrogens is 1. The van der Waals surface area contributed by atoms with Crippen LogP contribution in [-0.4, -0.2) is 58.3 Å². The fourth-order valence-electron chi connectivity index (χ4n) is 4.67. The number of ether oxygens (including phenoxy) is 1. The summed E-state index contributed by atoms with van der Waals surface area (Å²) in [7, 11) is 2.72. The molecule has 36 heavy (non-hydrogen) atoms. The number of hydrogen-bond acceptors (Lipinski definition) is 5. The molecule has 1 aliphatic rings. The van der Waals surface area contributed by atoms with Gasteiger partial charge < -0.3 is 19.6 Å². The summed E-state index contributed by atoms with van der Waals surface area (Å²) in [4.78, 5) is 55.4. The van der Waals surface area contributed by atoms with Crippen LogP contribution in [0.3, 0.4) is 0 Å². The second kappa shape index (κ2) is 8.84. The number of aromatic nitrogens is 2. The summed E-state index contributed by atoms with van der Waals surface area (Å²) in [6, 6.07) is 14.1. The van der Waals surface area contributed by atoms with Crippen molar-refractivity contribution in [2.24, 2.45) is 0 Å². The van der Waals surface area contributed by atoms with Gasteiger partial charge in [0.25, 0.3) is 11.8 Å². The standard InChI is InChI=1S/C27H24N4O5/c1-15(27(35)36-3)29-22(32)14-31-13-19(17-9-5-7-11-21(17)31)24-23(25(33)30(2)26(24)34)18-12-28-20-10-6-4-8-16(18)20/h4-13,15,28H,14H2,1-3H3,(H,29,32)/t15-/m0/s1. The average Bonchev–Trinajstić information content (AvgIpc) is 3.52. The summed E-state index contributed by atoms with van der Waals surface area (Å²) in [6.45, 7) is 1.45. The minimum atomic E-state index is -0.803. The number of methoxy groups -OCH3 is 1. The quantitative estimate of drug-likeness (QED) is 0.323. The molecular formula is C27H24N4O5. The number of fused-ring (bicyclic) bond motifs is 2. The highest BCUT2D eigenvalue weighted by molar-refractivity contribution is 6.50. The lowest BCUT2D eigenvalue weighted by atomic mass is 9.95. The number of carbonyl (C=O) groups is 4. The van der Waals surface area contributed by atoms with E-state index >= 15 is 0 Å². The second-order valence-corrected chi connectivity index (χ2v) is 8.67. The Kier molecular flexibility index (Phi) is 5.68. The van der Waals surface area contributed by atoms with E-state index in [0.717, 1.165) is 21.2 Å². The van der Waals surface area contributed by atoms with Gasteiger partial charge in [-0.1, -0.05) is 36.4 Å². The molecule has 4 aromatic rings. The van der Waals surface area contributed by atoms with E-state index in [1.165, 1.54) is 14.2 Å². The van der Waals surface area contributed by atoms with Crippen molar-refractivity contribution in [3.8, 4) is 0 Å². The SMILES string of the molecule is COC(=O)[C@H](C)NC(=O)Cn1cc(C2=C(c3c[nH]c4ccccc34)C(=O)N(C)C2=O)c2ccccc21. The molecule has 0 radical (unpaired) electrons. The Morgan fingerprint density at radius 3 is 2.33 bits per heavy atom. The summed E-state index contributed by atoms with van der Waals surface area (Å²) in [6.07, 6.45) is 3.45. The molecule has 2 aromatic heterocycles. The predicted molar refractivity (Wildman–Crippen MR) is 134 cm³/mol. The number of carbonyl (C=O) groups excluding carboxylic acids is 4. The van der Waals surface area contributed by atoms with E-state index in [-0.39, 0.29) is 18.0 Å². The molecule has 0 bridgehead atoms. The van der Waals surface area contributed by atoms with Gasteiger partial charge in [-0.15, -0.1) is 0 Å². The van der Waals surface area contributed by atoms with Crippen LogP contribution in [0.15, 0.2) is 60.9 Å². The fourth-order valence-corrected chi connectivity index (χ4v) is 4.67. The van der Waals surface area contributed by atoms with E-state index in [1.807, 2.05) is 48.5 Å². The number of aromatic amines is 1. The molecule has 0 fully saturated rings. The van der Waals surface area contributed by atoms with Crippen molar-refractivity contribution in [1.82, 2.24) is 19.8 Å². The maximum atomic E-state index is 13.4. The third-order valence-electron chi connectivity index (χ3n) is 6.45. The first-order chi connectivity index (χ1) is 17.3. The van der Waals surface area contributed by atoms with Crippen LogP contribution in [0.25, 0.3) is 33.0 Å². The van der Waals surface area contributed by atoms with Gasteiger partial charge in [0, 0.05) is 52.4 Å². The molecule has 1 atom stereocenters. The topological polar surface area (TPSA) is 114 Å². The van der Waals surface area contributed by atoms with Gasteiger partial charge in [0.15, 0.2) is 0 Å². The van der Waals surface area contributed by atoms with Crippen LogP contribution < -0.4 is 5.32 Å². The first-order valence-electron chi connectivity index (χ1n) is 11.4. The highest BCUT2D eigenvalue weighted by Crippen LogP contribution is 2.40. The van der Waals surface area contributed by atoms with Gasteiger partial charge in [-0.2, -0.15) is 0 Å². The fraction of sp³-hybridized carbons (Fsp3) is 0.185. The maximum Gasteiger partial charge on any atom is 0.328 e. The zero-order chi connectivity index (χ0) is 25.6. The largest absolute Gasteiger partial charge is 0.467 e. The summed E-state index contributed by atoms with van der Waals surface area (Å²) in [5, 5.41) is 4.18. The van der Waals surface area contributed by atoms with Crippen LogP contribution in [0.4, 0.5) is 0 Å². The van der Waals surface area contributed by atoms with Crippen LogP contribution >= 0.6 is 0 Å². The molecule has 1 aliphatic heterocycles. The molecule has 9 nitrogen and oxygen atoms in total. The molecule has 5 rings (SSSR count). The Morgan fingerprint density at radius 2 is 1.61 bits per heavy atom. The predicted octanol–water partition coefficient (Wildman–Crippen LogP) is 2.71. The molecule has 9 heteroatoms. The van der Waals surface area contributed by atoms with E-state index in [1.54, 1.807) is 23.9 Å². The third-order valence-corrected chi connectivity index (χ3v) is 6.45. The van der Waals surface area contributed by atoms with Gasteiger partial charge in [-0.25, -0.2) is 4.79 Å². The number of likely N-dealkylation sites (N-methyl/N-ethyl adjacent to an activating group) is 1. The molecule has 2 aromatic carbocycles. The molecule has 0 unspecified atom stereocenters. The number of rotatable bonds is 6. The minimum Gasteiger partial charge on any atom is -0.467 e. The summed E-state index contributed by atoms with van der Waals surface area (Å²) in [5.74, 6) is -1.74. The Hall–Kier alpha value is -4.66. The molecular weight excluding hydrogens is 460 g/mol. The van der Waals surface area contributed by atoms with Gasteiger partial charge in [-0.05, 0) is 19.1 Å². The molecule has 3 heterocycles. The van der Waals surface area contributed by atoms with Crippen LogP contribution in [0.2, 0.25) is 0 Å². The number of hydrogen-bond donors (Lipinski definition) is 2. The molecule has 0 saturated heterocycles. The van der Waals surface area contributed by atoms with E-state index in [4.69, 9.17) is 0 Å². The number of amides is 3. The van der Waals surface area contributed by atoms with Crippen LogP contribution in [0.5, 0.6) is 0 Å². The van der Waals surface area contributed by atoms with E-state index in [2.05, 4.69) is 15.0 Å². The summed E-state index contributed by atoms with van der Waals surface area (Å²) < 4.78 is 6.38. The van der Waals surface area contributed by atoms with Crippen LogP contribution in [-0.2, 0) is 30.5 Å². The number of nitrogens with one attached hydrogen (secondary N) is 2. The number of benzene rings is 2. The third kappa shape index (κ3) is 3.65. The van der Waals surface area contributed by atoms with Crippen molar-refractivity contribution in [2.45, 2.75) is 19.5 Å². The first kappa shape index (κ1) is 23.1. The number of esters is 1. The number of nitrogens with zero attached hydrogens (tertiary/aromatic N) is 2. The molecule has 2 N–H and O–H groups in total. The van der Waals surface area contributed by atoms with Crippen molar-refractivity contribution in [3.05, 3.63) is 72.1 Å². The van der Waals surface area contributed by atoms with Crippen molar-refractivity contribution >= 4 is 56.6 Å². The Bertz CT molecular complexity index is 1590. The monoisotopic (exact) mass is 484 g/mol. The molecule has 3 amide bonds. The van der Waals surface area contributed by atoms with Crippen molar-refractivity contribution < 1.29 is 23.9 Å². The van der Waals surface area contributed by atoms with Crippen LogP contribution in [0, 0.1) is 0 Å². The Balaban J connectivity index is 1.65. The zero-order valence-corrected chi connectivity index (χ0v) is 20.0. The maximum absolute atomic E-state index is 13.4. The highest BCUT2D eigenvalue weighted by Gasteiger charge is 2.39. The van der Waals surface area contributed by atoms with Gasteiger partial charge in [0.1, 0.15) is 12.6 Å². The van der Waals surface area contributed by atoms with Gasteiger partial charge in [-0.3, -0.25) is 19.3 Å². The second-order valence-electron chi connectivity index (χ2n) is 8.67. The molecule has 0 spiro atoms. The first-order valence-corrected chi connectivity index (χ1v) is 11.4. The Morgan fingerprint density at radius 1 is 0.972 bits per heavy atom. The lowest BCUT2D eigenvalue weighted by Crippen LogP contribution is -2.40. The normalized spacial score (nSPS) is 14.7. The smallest absolute Gasteiger partial charge is 0.328 e. The van der Waals surface area contributed by atoms with Gasteiger partial charge >= 0.3 is 5.97 Å². The molecule has 0 saturated carbocycles. The highest BCUT2D eigenvalue weighted by atomic mass is 16.5. The van der Waals surface area contributed by atoms with Gasteiger partial charge in [0.05, 0.1) is 18.3 Å². The van der Waals surface area contributed by atoms with Crippen molar-refractivity contribution in [3.63, 3.8) is 0 Å². The molecule has 0 aliphatic carbocycles. The van der Waals surface area contributed by atoms with E-state index < -0.39 is 23.8 Å². The van der Waals surface area contributed by atoms with Crippen LogP contribution in [0.1, 0.15) is 18.1 Å². The van der Waals surface area contributed by atoms with E-state index in [0.29, 0.717) is 22.2 Å². The van der Waals surface area contributed by atoms with Gasteiger partial charge in [0.2, 0.25) is 5.91 Å². The molecule has 182 valence electrons. The lowest BCUT2D eigenvalue weighted by Gasteiger charge is -2.12. The zero-order valence-electron chi connectivity index (χ0n) is 20.0.